The van der Waals surface area contributed by atoms with Gasteiger partial charge in [-0.15, -0.1) is 0 Å². The predicted molar refractivity (Wildman–Crippen MR) is 27.5 cm³/mol. The Bertz CT molecular complexity index is 88.1. The van der Waals surface area contributed by atoms with E-state index in [0.29, 0.717) is 0 Å². The van der Waals surface area contributed by atoms with E-state index in [1.165, 1.54) is 5.70 Å². The molecule has 7 heavy (non-hydrogen) atoms. The van der Waals surface area contributed by atoms with E-state index < -0.39 is 0 Å². The monoisotopic (exact) mass is 99.1 g/mol. The van der Waals surface area contributed by atoms with Gasteiger partial charge in [0.15, 0.2) is 0 Å². The van der Waals surface area contributed by atoms with Crippen LogP contribution in [0.1, 0.15) is 13.3 Å². The zero-order valence-electron chi connectivity index (χ0n) is 4.40. The summed E-state index contributed by atoms with van der Waals surface area (Å²) in [6, 6.07) is 0. The van der Waals surface area contributed by atoms with Gasteiger partial charge in [-0.05, 0) is 12.5 Å². The minimum Gasteiger partial charge on any atom is -0.272 e. The minimum absolute atomic E-state index is 0.725. The fourth-order valence-corrected chi connectivity index (χ4v) is 0.535. The maximum Gasteiger partial charge on any atom is 0.0947 e. The molecule has 0 spiro atoms. The van der Waals surface area contributed by atoms with Crippen molar-refractivity contribution >= 4 is 0 Å². The van der Waals surface area contributed by atoms with Gasteiger partial charge in [0.2, 0.25) is 0 Å². The maximum atomic E-state index is 4.81. The van der Waals surface area contributed by atoms with Crippen LogP contribution in [-0.2, 0) is 4.84 Å². The average molecular weight is 99.1 g/mol. The molecule has 0 fully saturated rings. The van der Waals surface area contributed by atoms with Crippen molar-refractivity contribution < 1.29 is 4.84 Å². The summed E-state index contributed by atoms with van der Waals surface area (Å²) in [4.78, 5) is 4.81. The normalized spacial score (nSPS) is 18.7. The van der Waals surface area contributed by atoms with Gasteiger partial charge in [0.1, 0.15) is 0 Å². The van der Waals surface area contributed by atoms with Crippen molar-refractivity contribution in [3.63, 3.8) is 0 Å². The molecule has 1 heterocycles. The Morgan fingerprint density at radius 3 is 3.14 bits per heavy atom. The minimum atomic E-state index is 0.725. The zero-order chi connectivity index (χ0) is 5.11. The predicted octanol–water partition coefficient (Wildman–Crippen LogP) is 0.815. The highest BCUT2D eigenvalue weighted by atomic mass is 16.6. The summed E-state index contributed by atoms with van der Waals surface area (Å²) < 4.78 is 0. The van der Waals surface area contributed by atoms with Crippen LogP contribution in [0.2, 0.25) is 0 Å². The highest BCUT2D eigenvalue weighted by molar-refractivity contribution is 4.99. The number of hydroxylamine groups is 1. The molecule has 0 aromatic heterocycles. The number of hydrogen-bond donors (Lipinski definition) is 1. The van der Waals surface area contributed by atoms with Gasteiger partial charge in [-0.1, -0.05) is 6.92 Å². The molecule has 2 heteroatoms. The van der Waals surface area contributed by atoms with E-state index in [9.17, 15) is 0 Å². The highest BCUT2D eigenvalue weighted by Crippen LogP contribution is 1.99. The Morgan fingerprint density at radius 1 is 2.00 bits per heavy atom. The zero-order valence-corrected chi connectivity index (χ0v) is 4.40. The first-order valence-corrected chi connectivity index (χ1v) is 2.50. The van der Waals surface area contributed by atoms with Crippen LogP contribution in [0.5, 0.6) is 0 Å². The van der Waals surface area contributed by atoms with Gasteiger partial charge < -0.3 is 0 Å². The molecule has 0 saturated heterocycles. The Labute approximate surface area is 43.1 Å². The molecule has 1 rings (SSSR count). The quantitative estimate of drug-likeness (QED) is 0.525. The first-order chi connectivity index (χ1) is 3.43. The van der Waals surface area contributed by atoms with Gasteiger partial charge >= 0.3 is 0 Å². The second-order valence-corrected chi connectivity index (χ2v) is 1.50. The molecule has 0 aliphatic carbocycles. The fraction of sp³-hybridized carbons (Fsp3) is 0.600. The Hall–Kier alpha value is -0.500. The Morgan fingerprint density at radius 2 is 2.86 bits per heavy atom. The van der Waals surface area contributed by atoms with Gasteiger partial charge in [0, 0.05) is 5.70 Å². The molecule has 0 aromatic carbocycles. The molecule has 0 saturated carbocycles. The fourth-order valence-electron chi connectivity index (χ4n) is 0.535. The highest BCUT2D eigenvalue weighted by Gasteiger charge is 1.97. The molecule has 40 valence electrons. The molecule has 1 aliphatic rings. The standard InChI is InChI=1S/C5H9NO/c1-2-5-3-4-7-6-5/h3,6H,2,4H2,1H3. The van der Waals surface area contributed by atoms with Crippen molar-refractivity contribution in [2.24, 2.45) is 0 Å². The van der Waals surface area contributed by atoms with Crippen LogP contribution < -0.4 is 5.48 Å². The number of nitrogens with one attached hydrogen (secondary N) is 1. The van der Waals surface area contributed by atoms with Crippen molar-refractivity contribution in [2.75, 3.05) is 6.61 Å². The number of rotatable bonds is 1. The third-order valence-electron chi connectivity index (χ3n) is 0.997. The van der Waals surface area contributed by atoms with Crippen molar-refractivity contribution in [2.45, 2.75) is 13.3 Å². The van der Waals surface area contributed by atoms with Crippen molar-refractivity contribution in [3.05, 3.63) is 11.8 Å². The molecule has 0 amide bonds. The van der Waals surface area contributed by atoms with E-state index in [1.54, 1.807) is 0 Å². The Balaban J connectivity index is 2.36. The SMILES string of the molecule is CCC1=CCON1. The van der Waals surface area contributed by atoms with Crippen LogP contribution in [0.15, 0.2) is 11.8 Å². The van der Waals surface area contributed by atoms with Gasteiger partial charge in [-0.25, -0.2) is 0 Å². The average Bonchev–Trinajstić information content (AvgIpc) is 2.14. The van der Waals surface area contributed by atoms with E-state index in [-0.39, 0.29) is 0 Å². The van der Waals surface area contributed by atoms with Crippen LogP contribution >= 0.6 is 0 Å². The van der Waals surface area contributed by atoms with E-state index in [1.807, 2.05) is 6.08 Å². The van der Waals surface area contributed by atoms with Crippen molar-refractivity contribution in [1.82, 2.24) is 5.48 Å². The molecular formula is C5H9NO. The molecular weight excluding hydrogens is 90.1 g/mol. The lowest BCUT2D eigenvalue weighted by atomic mass is 10.3. The van der Waals surface area contributed by atoms with Crippen LogP contribution in [0.4, 0.5) is 0 Å². The summed E-state index contributed by atoms with van der Waals surface area (Å²) in [5.41, 5.74) is 3.96. The summed E-state index contributed by atoms with van der Waals surface area (Å²) in [6.45, 7) is 2.82. The van der Waals surface area contributed by atoms with E-state index >= 15 is 0 Å². The largest absolute Gasteiger partial charge is 0.272 e. The molecule has 1 N–H and O–H groups in total. The lowest BCUT2D eigenvalue weighted by Gasteiger charge is -1.94. The van der Waals surface area contributed by atoms with E-state index in [2.05, 4.69) is 12.4 Å². The molecule has 0 unspecified atom stereocenters. The van der Waals surface area contributed by atoms with Crippen LogP contribution in [-0.4, -0.2) is 6.61 Å². The molecule has 0 aromatic rings. The molecule has 1 aliphatic heterocycles. The van der Waals surface area contributed by atoms with Gasteiger partial charge in [-0.3, -0.25) is 10.3 Å². The number of allylic oxidation sites excluding steroid dienone is 1. The summed E-state index contributed by atoms with van der Waals surface area (Å²) in [5.74, 6) is 0. The van der Waals surface area contributed by atoms with Crippen LogP contribution in [0.25, 0.3) is 0 Å². The first-order valence-electron chi connectivity index (χ1n) is 2.50. The van der Waals surface area contributed by atoms with E-state index in [4.69, 9.17) is 4.84 Å². The van der Waals surface area contributed by atoms with E-state index in [0.717, 1.165) is 13.0 Å². The second-order valence-electron chi connectivity index (χ2n) is 1.50. The first kappa shape index (κ1) is 4.65. The van der Waals surface area contributed by atoms with Crippen molar-refractivity contribution in [3.8, 4) is 0 Å². The summed E-state index contributed by atoms with van der Waals surface area (Å²) >= 11 is 0. The Kier molecular flexibility index (Phi) is 1.32. The lowest BCUT2D eigenvalue weighted by Crippen LogP contribution is -2.04. The topological polar surface area (TPSA) is 21.3 Å². The maximum absolute atomic E-state index is 4.81. The summed E-state index contributed by atoms with van der Waals surface area (Å²) in [5, 5.41) is 0. The summed E-state index contributed by atoms with van der Waals surface area (Å²) in [7, 11) is 0. The van der Waals surface area contributed by atoms with Crippen molar-refractivity contribution in [1.29, 1.82) is 0 Å². The molecule has 0 radical (unpaired) electrons. The van der Waals surface area contributed by atoms with Gasteiger partial charge in [0.25, 0.3) is 0 Å². The summed E-state index contributed by atoms with van der Waals surface area (Å²) in [6.07, 6.45) is 3.08. The van der Waals surface area contributed by atoms with Gasteiger partial charge in [0.05, 0.1) is 6.61 Å². The second kappa shape index (κ2) is 1.98. The molecule has 0 bridgehead atoms. The number of hydrogen-bond acceptors (Lipinski definition) is 2. The van der Waals surface area contributed by atoms with Crippen LogP contribution in [0.3, 0.4) is 0 Å². The smallest absolute Gasteiger partial charge is 0.0947 e. The van der Waals surface area contributed by atoms with Gasteiger partial charge in [-0.2, -0.15) is 0 Å². The third kappa shape index (κ3) is 0.933. The third-order valence-corrected chi connectivity index (χ3v) is 0.997. The van der Waals surface area contributed by atoms with Crippen LogP contribution in [0, 0.1) is 0 Å². The molecule has 2 nitrogen and oxygen atoms in total. The molecule has 0 atom stereocenters. The lowest BCUT2D eigenvalue weighted by molar-refractivity contribution is 0.107.